The van der Waals surface area contributed by atoms with Gasteiger partial charge < -0.3 is 19.4 Å². The maximum Gasteiger partial charge on any atom is 0.137 e. The Hall–Kier alpha value is -1.43. The molecule has 3 heterocycles. The Morgan fingerprint density at radius 1 is 1.27 bits per heavy atom. The predicted octanol–water partition coefficient (Wildman–Crippen LogP) is 3.63. The monoisotopic (exact) mass is 357 g/mol. The molecule has 1 aliphatic heterocycles. The number of aromatic nitrogens is 2. The van der Waals surface area contributed by atoms with Crippen LogP contribution >= 0.6 is 0 Å². The number of aromatic amines is 1. The normalized spacial score (nSPS) is 28.8. The average Bonchev–Trinajstić information content (AvgIpc) is 3.04. The number of pyridine rings is 1. The summed E-state index contributed by atoms with van der Waals surface area (Å²) in [5, 5.41) is 1.27. The molecule has 142 valence electrons. The van der Waals surface area contributed by atoms with E-state index in [-0.39, 0.29) is 11.1 Å². The van der Waals surface area contributed by atoms with Crippen molar-refractivity contribution in [3.63, 3.8) is 0 Å². The number of rotatable bonds is 5. The second kappa shape index (κ2) is 6.95. The smallest absolute Gasteiger partial charge is 0.137 e. The first-order valence-corrected chi connectivity index (χ1v) is 9.87. The molecule has 4 rings (SSSR count). The minimum atomic E-state index is -0.158. The van der Waals surface area contributed by atoms with Crippen molar-refractivity contribution >= 4 is 11.0 Å². The van der Waals surface area contributed by atoms with Gasteiger partial charge in [0.15, 0.2) is 0 Å². The van der Waals surface area contributed by atoms with Crippen LogP contribution < -0.4 is 0 Å². The van der Waals surface area contributed by atoms with Crippen LogP contribution in [0.3, 0.4) is 0 Å². The number of nitrogens with one attached hydrogen (secondary N) is 1. The quantitative estimate of drug-likeness (QED) is 0.830. The van der Waals surface area contributed by atoms with Gasteiger partial charge >= 0.3 is 0 Å². The van der Waals surface area contributed by atoms with Gasteiger partial charge in [-0.05, 0) is 76.7 Å². The molecule has 0 saturated heterocycles. The van der Waals surface area contributed by atoms with Crippen LogP contribution in [-0.4, -0.2) is 54.8 Å². The Balaban J connectivity index is 1.61. The number of nitrogens with zero attached hydrogens (tertiary/aromatic N) is 2. The van der Waals surface area contributed by atoms with Gasteiger partial charge in [0.1, 0.15) is 11.2 Å². The molecule has 5 heteroatoms. The highest BCUT2D eigenvalue weighted by molar-refractivity contribution is 5.82. The third-order valence-electron chi connectivity index (χ3n) is 6.79. The van der Waals surface area contributed by atoms with Crippen LogP contribution in [0.1, 0.15) is 49.8 Å². The van der Waals surface area contributed by atoms with Gasteiger partial charge in [-0.15, -0.1) is 0 Å². The fourth-order valence-corrected chi connectivity index (χ4v) is 5.13. The zero-order chi connectivity index (χ0) is 18.2. The summed E-state index contributed by atoms with van der Waals surface area (Å²) < 4.78 is 11.8. The van der Waals surface area contributed by atoms with Crippen molar-refractivity contribution in [2.75, 3.05) is 34.4 Å². The van der Waals surface area contributed by atoms with Gasteiger partial charge in [-0.1, -0.05) is 0 Å². The number of H-pyrrole nitrogens is 1. The van der Waals surface area contributed by atoms with E-state index < -0.39 is 0 Å². The molecular formula is C21H31N3O2. The molecule has 0 unspecified atom stereocenters. The highest BCUT2D eigenvalue weighted by Crippen LogP contribution is 2.50. The average molecular weight is 357 g/mol. The van der Waals surface area contributed by atoms with Crippen molar-refractivity contribution in [3.05, 3.63) is 29.6 Å². The fourth-order valence-electron chi connectivity index (χ4n) is 5.13. The molecule has 2 aromatic heterocycles. The lowest BCUT2D eigenvalue weighted by Gasteiger charge is -2.50. The van der Waals surface area contributed by atoms with Crippen LogP contribution in [0.4, 0.5) is 0 Å². The minimum absolute atomic E-state index is 0.158. The third kappa shape index (κ3) is 2.86. The lowest BCUT2D eigenvalue weighted by Crippen LogP contribution is -2.52. The third-order valence-corrected chi connectivity index (χ3v) is 6.79. The molecule has 0 aromatic carbocycles. The summed E-state index contributed by atoms with van der Waals surface area (Å²) in [6.45, 7) is 1.66. The van der Waals surface area contributed by atoms with Gasteiger partial charge in [-0.25, -0.2) is 4.98 Å². The lowest BCUT2D eigenvalue weighted by atomic mass is 9.69. The van der Waals surface area contributed by atoms with Crippen LogP contribution in [0.2, 0.25) is 0 Å². The Kier molecular flexibility index (Phi) is 4.80. The molecule has 1 N–H and O–H groups in total. The standard InChI is InChI=1S/C21H31N3O2/c1-24(2)20(8-5-14-25-3)9-11-21(12-10-20)18-16(7-15-26-21)17-6-4-13-22-19(17)23-18/h4,6,13H,5,7-12,14-15H2,1-3H3,(H,22,23). The number of methoxy groups -OCH3 is 1. The topological polar surface area (TPSA) is 50.4 Å². The predicted molar refractivity (Wildman–Crippen MR) is 103 cm³/mol. The summed E-state index contributed by atoms with van der Waals surface area (Å²) in [6.07, 6.45) is 9.60. The zero-order valence-corrected chi connectivity index (χ0v) is 16.3. The Morgan fingerprint density at radius 3 is 2.81 bits per heavy atom. The van der Waals surface area contributed by atoms with E-state index in [1.807, 2.05) is 12.3 Å². The second-order valence-electron chi connectivity index (χ2n) is 8.19. The van der Waals surface area contributed by atoms with Crippen molar-refractivity contribution in [2.24, 2.45) is 0 Å². The van der Waals surface area contributed by atoms with Crippen LogP contribution in [-0.2, 0) is 21.5 Å². The first kappa shape index (κ1) is 18.0. The van der Waals surface area contributed by atoms with E-state index >= 15 is 0 Å². The highest BCUT2D eigenvalue weighted by atomic mass is 16.5. The first-order chi connectivity index (χ1) is 12.6. The van der Waals surface area contributed by atoms with Gasteiger partial charge in [0, 0.05) is 30.8 Å². The second-order valence-corrected chi connectivity index (χ2v) is 8.19. The summed E-state index contributed by atoms with van der Waals surface area (Å²) in [4.78, 5) is 10.6. The van der Waals surface area contributed by atoms with Gasteiger partial charge in [0.25, 0.3) is 0 Å². The summed E-state index contributed by atoms with van der Waals surface area (Å²) >= 11 is 0. The molecule has 0 atom stereocenters. The van der Waals surface area contributed by atoms with E-state index in [0.29, 0.717) is 0 Å². The van der Waals surface area contributed by atoms with Crippen LogP contribution in [0.15, 0.2) is 18.3 Å². The molecule has 2 aliphatic rings. The number of hydrogen-bond donors (Lipinski definition) is 1. The molecule has 1 saturated carbocycles. The van der Waals surface area contributed by atoms with E-state index in [1.165, 1.54) is 23.1 Å². The van der Waals surface area contributed by atoms with Crippen molar-refractivity contribution in [3.8, 4) is 0 Å². The summed E-state index contributed by atoms with van der Waals surface area (Å²) in [5.74, 6) is 0. The fraction of sp³-hybridized carbons (Fsp3) is 0.667. The largest absolute Gasteiger partial charge is 0.385 e. The van der Waals surface area contributed by atoms with E-state index in [1.54, 1.807) is 7.11 Å². The minimum Gasteiger partial charge on any atom is -0.385 e. The number of fused-ring (bicyclic) bond motifs is 4. The molecule has 26 heavy (non-hydrogen) atoms. The van der Waals surface area contributed by atoms with Crippen LogP contribution in [0.5, 0.6) is 0 Å². The summed E-state index contributed by atoms with van der Waals surface area (Å²) in [7, 11) is 6.25. The van der Waals surface area contributed by atoms with Crippen LogP contribution in [0.25, 0.3) is 11.0 Å². The van der Waals surface area contributed by atoms with Gasteiger partial charge in [0.05, 0.1) is 12.3 Å². The van der Waals surface area contributed by atoms with Crippen molar-refractivity contribution in [1.82, 2.24) is 14.9 Å². The molecule has 2 aromatic rings. The van der Waals surface area contributed by atoms with E-state index in [0.717, 1.165) is 57.4 Å². The number of hydrogen-bond acceptors (Lipinski definition) is 4. The maximum absolute atomic E-state index is 6.46. The van der Waals surface area contributed by atoms with E-state index in [2.05, 4.69) is 35.0 Å². The molecule has 0 radical (unpaired) electrons. The van der Waals surface area contributed by atoms with Gasteiger partial charge in [0.2, 0.25) is 0 Å². The Morgan fingerprint density at radius 2 is 2.08 bits per heavy atom. The van der Waals surface area contributed by atoms with Gasteiger partial charge in [-0.2, -0.15) is 0 Å². The first-order valence-electron chi connectivity index (χ1n) is 9.87. The SMILES string of the molecule is COCCCC1(N(C)C)CCC2(CC1)OCCc1c2[nH]c2ncccc12. The van der Waals surface area contributed by atoms with Gasteiger partial charge in [-0.3, -0.25) is 0 Å². The van der Waals surface area contributed by atoms with E-state index in [9.17, 15) is 0 Å². The molecule has 0 bridgehead atoms. The molecule has 0 amide bonds. The molecule has 1 fully saturated rings. The highest BCUT2D eigenvalue weighted by Gasteiger charge is 2.48. The Labute approximate surface area is 156 Å². The maximum atomic E-state index is 6.46. The molecule has 1 aliphatic carbocycles. The van der Waals surface area contributed by atoms with Crippen LogP contribution in [0, 0.1) is 0 Å². The van der Waals surface area contributed by atoms with E-state index in [4.69, 9.17) is 9.47 Å². The molecule has 1 spiro atoms. The lowest BCUT2D eigenvalue weighted by molar-refractivity contribution is -0.113. The zero-order valence-electron chi connectivity index (χ0n) is 16.3. The van der Waals surface area contributed by atoms with Crippen molar-refractivity contribution in [2.45, 2.75) is 56.1 Å². The number of ether oxygens (including phenoxy) is 2. The molecule has 5 nitrogen and oxygen atoms in total. The van der Waals surface area contributed by atoms with Crippen molar-refractivity contribution in [1.29, 1.82) is 0 Å². The van der Waals surface area contributed by atoms with Crippen molar-refractivity contribution < 1.29 is 9.47 Å². The summed E-state index contributed by atoms with van der Waals surface area (Å²) in [5.41, 5.74) is 3.83. The summed E-state index contributed by atoms with van der Waals surface area (Å²) in [6, 6.07) is 4.22. The Bertz CT molecular complexity index is 760. The molecular weight excluding hydrogens is 326 g/mol.